The first-order valence-corrected chi connectivity index (χ1v) is 11.4. The van der Waals surface area contributed by atoms with Gasteiger partial charge in [-0.15, -0.1) is 0 Å². The molecular weight excluding hydrogens is 466 g/mol. The van der Waals surface area contributed by atoms with E-state index in [1.807, 2.05) is 60.7 Å². The van der Waals surface area contributed by atoms with Crippen molar-refractivity contribution in [3.05, 3.63) is 101 Å². The summed E-state index contributed by atoms with van der Waals surface area (Å²) >= 11 is 6.04. The van der Waals surface area contributed by atoms with Crippen molar-refractivity contribution in [2.75, 3.05) is 0 Å². The fourth-order valence-electron chi connectivity index (χ4n) is 3.81. The molecule has 3 aromatic carbocycles. The molecule has 0 saturated carbocycles. The predicted octanol–water partition coefficient (Wildman–Crippen LogP) is 4.57. The average molecular weight is 490 g/mol. The van der Waals surface area contributed by atoms with Gasteiger partial charge < -0.3 is 15.5 Å². The summed E-state index contributed by atoms with van der Waals surface area (Å²) < 4.78 is 0. The molecule has 0 saturated heterocycles. The Labute approximate surface area is 207 Å². The molecule has 35 heavy (non-hydrogen) atoms. The Morgan fingerprint density at radius 2 is 1.60 bits per heavy atom. The number of H-pyrrole nitrogens is 1. The fourth-order valence-corrected chi connectivity index (χ4v) is 4.00. The number of carbonyl (C=O) groups excluding carboxylic acids is 1. The Bertz CT molecular complexity index is 1310. The van der Waals surface area contributed by atoms with Gasteiger partial charge in [0.2, 0.25) is 0 Å². The van der Waals surface area contributed by atoms with E-state index in [2.05, 4.69) is 15.5 Å². The quantitative estimate of drug-likeness (QED) is 0.275. The maximum atomic E-state index is 12.9. The second-order valence-corrected chi connectivity index (χ2v) is 8.64. The van der Waals surface area contributed by atoms with Gasteiger partial charge in [0.25, 0.3) is 5.91 Å². The second-order valence-electron chi connectivity index (χ2n) is 8.20. The van der Waals surface area contributed by atoms with E-state index >= 15 is 0 Å². The van der Waals surface area contributed by atoms with Gasteiger partial charge in [0, 0.05) is 23.0 Å². The van der Waals surface area contributed by atoms with Crippen LogP contribution >= 0.6 is 11.6 Å². The third kappa shape index (κ3) is 6.35. The number of amides is 1. The number of aliphatic hydroxyl groups excluding tert-OH is 1. The maximum absolute atomic E-state index is 12.9. The Morgan fingerprint density at radius 3 is 2.29 bits per heavy atom. The minimum absolute atomic E-state index is 0.142. The van der Waals surface area contributed by atoms with Gasteiger partial charge >= 0.3 is 5.97 Å². The number of hydrogen-bond acceptors (Lipinski definition) is 4. The number of aromatic nitrogens is 2. The lowest BCUT2D eigenvalue weighted by atomic mass is 9.97. The lowest BCUT2D eigenvalue weighted by molar-refractivity contribution is -0.147. The van der Waals surface area contributed by atoms with Crippen LogP contribution < -0.4 is 5.32 Å². The second kappa shape index (κ2) is 11.0. The van der Waals surface area contributed by atoms with Crippen LogP contribution in [0.5, 0.6) is 0 Å². The molecule has 1 amide bonds. The van der Waals surface area contributed by atoms with E-state index in [9.17, 15) is 19.8 Å². The van der Waals surface area contributed by atoms with Crippen molar-refractivity contribution in [2.24, 2.45) is 0 Å². The molecule has 0 bridgehead atoms. The lowest BCUT2D eigenvalue weighted by Crippen LogP contribution is -2.40. The fraction of sp³-hybridized carbons (Fsp3) is 0.148. The van der Waals surface area contributed by atoms with Crippen LogP contribution in [0.25, 0.3) is 22.4 Å². The first-order valence-electron chi connectivity index (χ1n) is 11.1. The van der Waals surface area contributed by atoms with Gasteiger partial charge in [-0.25, -0.2) is 4.79 Å². The molecule has 0 unspecified atom stereocenters. The van der Waals surface area contributed by atoms with Crippen molar-refractivity contribution >= 4 is 23.5 Å². The molecule has 4 aromatic rings. The number of rotatable bonds is 9. The summed E-state index contributed by atoms with van der Waals surface area (Å²) in [6.45, 7) is 0. The number of aromatic amines is 1. The highest BCUT2D eigenvalue weighted by Gasteiger charge is 2.23. The summed E-state index contributed by atoms with van der Waals surface area (Å²) in [4.78, 5) is 24.2. The third-order valence-electron chi connectivity index (χ3n) is 5.61. The SMILES string of the molecule is O=C(N[C@H](Cc1ccc(-c2ccccc2)cc1)C[C@@H](O)C(=O)O)c1cc(-c2cccc(Cl)c2)n[nH]1. The lowest BCUT2D eigenvalue weighted by Gasteiger charge is -2.20. The molecule has 0 radical (unpaired) electrons. The van der Waals surface area contributed by atoms with Gasteiger partial charge in [-0.2, -0.15) is 5.10 Å². The Kier molecular flexibility index (Phi) is 7.60. The van der Waals surface area contributed by atoms with Crippen molar-refractivity contribution in [1.29, 1.82) is 0 Å². The molecular formula is C27H24ClN3O4. The van der Waals surface area contributed by atoms with Crippen LogP contribution in [0.1, 0.15) is 22.5 Å². The highest BCUT2D eigenvalue weighted by atomic mass is 35.5. The van der Waals surface area contributed by atoms with E-state index < -0.39 is 24.0 Å². The molecule has 178 valence electrons. The van der Waals surface area contributed by atoms with E-state index in [0.717, 1.165) is 22.3 Å². The molecule has 4 N–H and O–H groups in total. The van der Waals surface area contributed by atoms with Gasteiger partial charge in [0.15, 0.2) is 6.10 Å². The van der Waals surface area contributed by atoms with Gasteiger partial charge in [-0.05, 0) is 41.3 Å². The van der Waals surface area contributed by atoms with Crippen LogP contribution in [-0.4, -0.2) is 44.4 Å². The minimum atomic E-state index is -1.60. The number of benzene rings is 3. The van der Waals surface area contributed by atoms with Crippen LogP contribution in [0, 0.1) is 0 Å². The number of aliphatic hydroxyl groups is 1. The Morgan fingerprint density at radius 1 is 0.914 bits per heavy atom. The summed E-state index contributed by atoms with van der Waals surface area (Å²) in [5.41, 5.74) is 4.55. The third-order valence-corrected chi connectivity index (χ3v) is 5.85. The Hall–Kier alpha value is -3.94. The predicted molar refractivity (Wildman–Crippen MR) is 134 cm³/mol. The molecule has 4 rings (SSSR count). The minimum Gasteiger partial charge on any atom is -0.479 e. The van der Waals surface area contributed by atoms with Crippen LogP contribution in [0.15, 0.2) is 84.9 Å². The number of carboxylic acids is 1. The van der Waals surface area contributed by atoms with Gasteiger partial charge in [-0.1, -0.05) is 78.3 Å². The normalized spacial score (nSPS) is 12.6. The van der Waals surface area contributed by atoms with E-state index in [1.54, 1.807) is 24.3 Å². The van der Waals surface area contributed by atoms with Crippen molar-refractivity contribution in [1.82, 2.24) is 15.5 Å². The van der Waals surface area contributed by atoms with E-state index in [-0.39, 0.29) is 12.1 Å². The van der Waals surface area contributed by atoms with Crippen molar-refractivity contribution in [2.45, 2.75) is 25.0 Å². The smallest absolute Gasteiger partial charge is 0.332 e. The summed E-state index contributed by atoms with van der Waals surface area (Å²) in [5, 5.41) is 29.4. The molecule has 1 aromatic heterocycles. The zero-order valence-electron chi connectivity index (χ0n) is 18.7. The molecule has 0 fully saturated rings. The van der Waals surface area contributed by atoms with Crippen molar-refractivity contribution in [3.8, 4) is 22.4 Å². The number of hydrogen-bond donors (Lipinski definition) is 4. The van der Waals surface area contributed by atoms with Gasteiger partial charge in [-0.3, -0.25) is 9.89 Å². The topological polar surface area (TPSA) is 115 Å². The van der Waals surface area contributed by atoms with E-state index in [0.29, 0.717) is 17.1 Å². The van der Waals surface area contributed by atoms with Crippen LogP contribution in [0.3, 0.4) is 0 Å². The average Bonchev–Trinajstić information content (AvgIpc) is 3.36. The maximum Gasteiger partial charge on any atom is 0.332 e. The van der Waals surface area contributed by atoms with Gasteiger partial charge in [0.1, 0.15) is 5.69 Å². The van der Waals surface area contributed by atoms with Crippen molar-refractivity contribution in [3.63, 3.8) is 0 Å². The molecule has 8 heteroatoms. The standard InChI is InChI=1S/C27H24ClN3O4/c28-21-8-4-7-20(14-21)23-16-24(31-30-23)26(33)29-22(15-25(32)27(34)35)13-17-9-11-19(12-10-17)18-5-2-1-3-6-18/h1-12,14,16,22,25,32H,13,15H2,(H,29,33)(H,30,31)(H,34,35)/t22-,25-/m1/s1. The highest BCUT2D eigenvalue weighted by molar-refractivity contribution is 6.30. The number of carboxylic acid groups (broad SMARTS) is 1. The number of nitrogens with zero attached hydrogens (tertiary/aromatic N) is 1. The summed E-state index contributed by atoms with van der Waals surface area (Å²) in [7, 11) is 0. The molecule has 0 aliphatic heterocycles. The summed E-state index contributed by atoms with van der Waals surface area (Å²) in [6.07, 6.45) is -1.40. The number of nitrogens with one attached hydrogen (secondary N) is 2. The molecule has 7 nitrogen and oxygen atoms in total. The van der Waals surface area contributed by atoms with Crippen LogP contribution in [-0.2, 0) is 11.2 Å². The van der Waals surface area contributed by atoms with Crippen LogP contribution in [0.4, 0.5) is 0 Å². The number of carbonyl (C=O) groups is 2. The van der Waals surface area contributed by atoms with Gasteiger partial charge in [0.05, 0.1) is 5.69 Å². The highest BCUT2D eigenvalue weighted by Crippen LogP contribution is 2.22. The Balaban J connectivity index is 1.49. The molecule has 0 aliphatic carbocycles. The molecule has 0 spiro atoms. The van der Waals surface area contributed by atoms with E-state index in [1.165, 1.54) is 0 Å². The van der Waals surface area contributed by atoms with Crippen molar-refractivity contribution < 1.29 is 19.8 Å². The molecule has 2 atom stereocenters. The first-order chi connectivity index (χ1) is 16.9. The zero-order chi connectivity index (χ0) is 24.8. The summed E-state index contributed by atoms with van der Waals surface area (Å²) in [5.74, 6) is -1.79. The number of halogens is 1. The molecule has 0 aliphatic rings. The first kappa shape index (κ1) is 24.2. The largest absolute Gasteiger partial charge is 0.479 e. The molecule has 1 heterocycles. The summed E-state index contributed by atoms with van der Waals surface area (Å²) in [6, 6.07) is 25.8. The zero-order valence-corrected chi connectivity index (χ0v) is 19.4. The van der Waals surface area contributed by atoms with E-state index in [4.69, 9.17) is 11.6 Å². The number of aliphatic carboxylic acids is 1. The van der Waals surface area contributed by atoms with Crippen LogP contribution in [0.2, 0.25) is 5.02 Å². The monoisotopic (exact) mass is 489 g/mol.